The Labute approximate surface area is 275 Å². The van der Waals surface area contributed by atoms with Gasteiger partial charge in [-0.3, -0.25) is 9.55 Å². The van der Waals surface area contributed by atoms with E-state index < -0.39 is 0 Å². The molecule has 6 heteroatoms. The third kappa shape index (κ3) is 4.27. The van der Waals surface area contributed by atoms with Crippen LogP contribution < -0.4 is 4.74 Å². The number of ether oxygens (including phenoxy) is 2. The summed E-state index contributed by atoms with van der Waals surface area (Å²) in [6, 6.07) is 25.6. The molecule has 9 rings (SSSR count). The van der Waals surface area contributed by atoms with Crippen molar-refractivity contribution in [3.8, 4) is 28.6 Å². The smallest absolute Gasteiger partial charge is 0.217 e. The summed E-state index contributed by atoms with van der Waals surface area (Å²) in [6.07, 6.45) is 8.30. The number of aromatic nitrogens is 3. The van der Waals surface area contributed by atoms with Crippen LogP contribution in [0, 0.1) is 13.8 Å². The molecule has 2 aliphatic heterocycles. The minimum absolute atomic E-state index is 0.120. The van der Waals surface area contributed by atoms with Gasteiger partial charge in [0.2, 0.25) is 5.90 Å². The predicted molar refractivity (Wildman–Crippen MR) is 188 cm³/mol. The molecule has 234 valence electrons. The molecule has 2 atom stereocenters. The number of nitrogens with zero attached hydrogens (tertiary/aromatic N) is 4. The van der Waals surface area contributed by atoms with Gasteiger partial charge in [0.1, 0.15) is 23.4 Å². The molecule has 0 N–H and O–H groups in total. The van der Waals surface area contributed by atoms with E-state index in [-0.39, 0.29) is 17.1 Å². The summed E-state index contributed by atoms with van der Waals surface area (Å²) in [5.41, 5.74) is 9.60. The van der Waals surface area contributed by atoms with E-state index in [0.717, 1.165) is 58.1 Å². The fourth-order valence-corrected chi connectivity index (χ4v) is 8.15. The summed E-state index contributed by atoms with van der Waals surface area (Å²) in [5.74, 6) is 3.21. The lowest BCUT2D eigenvalue weighted by molar-refractivity contribution is 0.104. The van der Waals surface area contributed by atoms with Crippen molar-refractivity contribution in [2.24, 2.45) is 4.99 Å². The SMILES string of the molecule is Cc1cc2c3c(c1)c1cc(C)c(Oc4cc(C5=N[C@]6(C)CCCC[C@@H]6O5)cc(-c5ccccn5)c4)cc1n3-c1ncccc1C2(C)C. The summed E-state index contributed by atoms with van der Waals surface area (Å²) in [5, 5.41) is 2.46. The summed E-state index contributed by atoms with van der Waals surface area (Å²) in [7, 11) is 0. The topological polar surface area (TPSA) is 61.5 Å². The van der Waals surface area contributed by atoms with E-state index in [1.807, 2.05) is 36.7 Å². The van der Waals surface area contributed by atoms with Crippen LogP contribution in [0.3, 0.4) is 0 Å². The van der Waals surface area contributed by atoms with Gasteiger partial charge in [-0.1, -0.05) is 44.0 Å². The highest BCUT2D eigenvalue weighted by molar-refractivity contribution is 6.12. The van der Waals surface area contributed by atoms with Crippen molar-refractivity contribution in [1.29, 1.82) is 0 Å². The van der Waals surface area contributed by atoms with Crippen LogP contribution in [0.5, 0.6) is 11.5 Å². The zero-order chi connectivity index (χ0) is 32.1. The molecule has 1 saturated carbocycles. The van der Waals surface area contributed by atoms with E-state index >= 15 is 0 Å². The zero-order valence-electron chi connectivity index (χ0n) is 27.6. The molecule has 0 saturated heterocycles. The Bertz CT molecular complexity index is 2280. The zero-order valence-corrected chi connectivity index (χ0v) is 27.6. The first-order chi connectivity index (χ1) is 22.7. The molecule has 1 aliphatic carbocycles. The van der Waals surface area contributed by atoms with Gasteiger partial charge in [0.15, 0.2) is 0 Å². The molecule has 0 amide bonds. The monoisotopic (exact) mass is 618 g/mol. The Kier molecular flexibility index (Phi) is 6.02. The second-order valence-electron chi connectivity index (χ2n) is 14.4. The Hall–Kier alpha value is -4.97. The largest absolute Gasteiger partial charge is 0.472 e. The number of hydrogen-bond donors (Lipinski definition) is 0. The lowest BCUT2D eigenvalue weighted by Crippen LogP contribution is -2.37. The maximum atomic E-state index is 6.85. The summed E-state index contributed by atoms with van der Waals surface area (Å²) >= 11 is 0. The van der Waals surface area contributed by atoms with Crippen molar-refractivity contribution in [3.63, 3.8) is 0 Å². The van der Waals surface area contributed by atoms with Crippen LogP contribution in [0.15, 0.2) is 90.2 Å². The van der Waals surface area contributed by atoms with Crippen LogP contribution in [0.2, 0.25) is 0 Å². The van der Waals surface area contributed by atoms with Gasteiger partial charge in [-0.15, -0.1) is 0 Å². The first-order valence-electron chi connectivity index (χ1n) is 16.8. The molecule has 47 heavy (non-hydrogen) atoms. The van der Waals surface area contributed by atoms with Crippen molar-refractivity contribution in [1.82, 2.24) is 14.5 Å². The number of hydrogen-bond acceptors (Lipinski definition) is 5. The molecule has 3 aliphatic rings. The van der Waals surface area contributed by atoms with Crippen molar-refractivity contribution < 1.29 is 9.47 Å². The standard InChI is InChI=1S/C41H38N4O2/c1-24-17-30-29-19-25(2)35(23-34(29)45-37(30)32(18-24)40(3,4)31-11-10-16-43-38(31)45)46-28-21-26(33-12-7-9-15-42-33)20-27(22-28)39-44-41(5)14-8-6-13-36(41)47-39/h7,9-12,15-23,36H,6,8,13-14H2,1-5H3/t36-,41+/m0/s1. The summed E-state index contributed by atoms with van der Waals surface area (Å²) in [6.45, 7) is 11.2. The molecule has 5 heterocycles. The van der Waals surface area contributed by atoms with Crippen molar-refractivity contribution in [2.75, 3.05) is 0 Å². The number of aryl methyl sites for hydroxylation is 2. The van der Waals surface area contributed by atoms with Crippen molar-refractivity contribution in [2.45, 2.75) is 77.4 Å². The summed E-state index contributed by atoms with van der Waals surface area (Å²) < 4.78 is 15.7. The second kappa shape index (κ2) is 10.0. The van der Waals surface area contributed by atoms with Gasteiger partial charge < -0.3 is 9.47 Å². The van der Waals surface area contributed by atoms with Gasteiger partial charge in [0.25, 0.3) is 0 Å². The predicted octanol–water partition coefficient (Wildman–Crippen LogP) is 9.77. The minimum atomic E-state index is -0.175. The highest BCUT2D eigenvalue weighted by atomic mass is 16.5. The van der Waals surface area contributed by atoms with Crippen molar-refractivity contribution >= 4 is 27.7 Å². The van der Waals surface area contributed by atoms with Gasteiger partial charge >= 0.3 is 0 Å². The Balaban J connectivity index is 1.21. The van der Waals surface area contributed by atoms with Gasteiger partial charge in [-0.2, -0.15) is 0 Å². The average Bonchev–Trinajstić information content (AvgIpc) is 3.59. The fraction of sp³-hybridized carbons (Fsp3) is 0.293. The molecule has 1 fully saturated rings. The third-order valence-electron chi connectivity index (χ3n) is 10.7. The molecule has 6 nitrogen and oxygen atoms in total. The van der Waals surface area contributed by atoms with Crippen LogP contribution in [0.25, 0.3) is 38.9 Å². The first kappa shape index (κ1) is 28.3. The Morgan fingerprint density at radius 2 is 1.68 bits per heavy atom. The number of benzene rings is 3. The number of aliphatic imine (C=N–C) groups is 1. The van der Waals surface area contributed by atoms with Crippen LogP contribution in [-0.4, -0.2) is 32.1 Å². The molecule has 6 aromatic rings. The fourth-order valence-electron chi connectivity index (χ4n) is 8.15. The van der Waals surface area contributed by atoms with Crippen molar-refractivity contribution in [3.05, 3.63) is 113 Å². The van der Waals surface area contributed by atoms with Gasteiger partial charge in [0, 0.05) is 51.3 Å². The van der Waals surface area contributed by atoms with E-state index in [1.54, 1.807) is 0 Å². The first-order valence-corrected chi connectivity index (χ1v) is 16.8. The Morgan fingerprint density at radius 1 is 0.830 bits per heavy atom. The lowest BCUT2D eigenvalue weighted by Gasteiger charge is -2.34. The second-order valence-corrected chi connectivity index (χ2v) is 14.4. The highest BCUT2D eigenvalue weighted by Crippen LogP contribution is 2.48. The molecule has 0 radical (unpaired) electrons. The molecule has 0 unspecified atom stereocenters. The number of pyridine rings is 2. The van der Waals surface area contributed by atoms with Crippen LogP contribution >= 0.6 is 0 Å². The third-order valence-corrected chi connectivity index (χ3v) is 10.7. The molecule has 3 aromatic heterocycles. The van der Waals surface area contributed by atoms with Gasteiger partial charge in [-0.25, -0.2) is 9.98 Å². The van der Waals surface area contributed by atoms with E-state index in [1.165, 1.54) is 45.8 Å². The number of fused-ring (bicyclic) bond motifs is 6. The van der Waals surface area contributed by atoms with E-state index in [9.17, 15) is 0 Å². The normalized spacial score (nSPS) is 20.9. The van der Waals surface area contributed by atoms with Crippen LogP contribution in [0.1, 0.15) is 74.3 Å². The summed E-state index contributed by atoms with van der Waals surface area (Å²) in [4.78, 5) is 14.8. The minimum Gasteiger partial charge on any atom is -0.472 e. The van der Waals surface area contributed by atoms with E-state index in [2.05, 4.69) is 92.7 Å². The quantitative estimate of drug-likeness (QED) is 0.197. The van der Waals surface area contributed by atoms with Gasteiger partial charge in [0.05, 0.1) is 22.3 Å². The molecule has 3 aromatic carbocycles. The van der Waals surface area contributed by atoms with Crippen LogP contribution in [-0.2, 0) is 10.2 Å². The molecule has 0 bridgehead atoms. The molecule has 0 spiro atoms. The average molecular weight is 619 g/mol. The highest BCUT2D eigenvalue weighted by Gasteiger charge is 2.44. The maximum Gasteiger partial charge on any atom is 0.217 e. The Morgan fingerprint density at radius 3 is 2.51 bits per heavy atom. The van der Waals surface area contributed by atoms with E-state index in [0.29, 0.717) is 5.90 Å². The van der Waals surface area contributed by atoms with E-state index in [4.69, 9.17) is 19.5 Å². The van der Waals surface area contributed by atoms with Crippen LogP contribution in [0.4, 0.5) is 0 Å². The lowest BCUT2D eigenvalue weighted by atomic mass is 9.75. The molecular weight excluding hydrogens is 580 g/mol. The molecular formula is C41H38N4O2. The van der Waals surface area contributed by atoms with Gasteiger partial charge in [-0.05, 0) is 99.7 Å². The maximum absolute atomic E-state index is 6.85. The number of rotatable bonds is 4.